The summed E-state index contributed by atoms with van der Waals surface area (Å²) in [5, 5.41) is 7.93. The first-order valence-electron chi connectivity index (χ1n) is 12.9. The maximum atomic E-state index is 13.5. The van der Waals surface area contributed by atoms with Gasteiger partial charge in [-0.2, -0.15) is 5.10 Å². The van der Waals surface area contributed by atoms with Crippen molar-refractivity contribution in [2.24, 2.45) is 5.92 Å². The second-order valence-corrected chi connectivity index (χ2v) is 10.0. The predicted octanol–water partition coefficient (Wildman–Crippen LogP) is 2.54. The van der Waals surface area contributed by atoms with E-state index >= 15 is 0 Å². The lowest BCUT2D eigenvalue weighted by Gasteiger charge is -2.34. The third-order valence-corrected chi connectivity index (χ3v) is 6.99. The van der Waals surface area contributed by atoms with Crippen LogP contribution in [0.25, 0.3) is 5.82 Å². The molecule has 0 saturated carbocycles. The molecule has 3 aromatic rings. The molecule has 1 saturated heterocycles. The van der Waals surface area contributed by atoms with Crippen molar-refractivity contribution in [2.45, 2.75) is 26.2 Å². The second kappa shape index (κ2) is 10.6. The Morgan fingerprint density at radius 1 is 1.05 bits per heavy atom. The Labute approximate surface area is 221 Å². The number of hydrogen-bond acceptors (Lipinski definition) is 7. The lowest BCUT2D eigenvalue weighted by atomic mass is 9.95. The number of anilines is 1. The summed E-state index contributed by atoms with van der Waals surface area (Å²) < 4.78 is 7.24. The summed E-state index contributed by atoms with van der Waals surface area (Å²) in [6, 6.07) is 11.0. The number of rotatable bonds is 7. The van der Waals surface area contributed by atoms with Crippen molar-refractivity contribution in [1.29, 1.82) is 0 Å². The smallest absolute Gasteiger partial charge is 0.290 e. The van der Waals surface area contributed by atoms with Gasteiger partial charge in [0.05, 0.1) is 30.6 Å². The molecule has 0 aliphatic carbocycles. The zero-order valence-electron chi connectivity index (χ0n) is 21.9. The van der Waals surface area contributed by atoms with E-state index in [1.807, 2.05) is 30.5 Å². The van der Waals surface area contributed by atoms with Crippen molar-refractivity contribution in [2.75, 3.05) is 45.2 Å². The predicted molar refractivity (Wildman–Crippen MR) is 142 cm³/mol. The Hall–Kier alpha value is -4.21. The number of piperazine rings is 1. The highest BCUT2D eigenvalue weighted by molar-refractivity contribution is 6.38. The van der Waals surface area contributed by atoms with E-state index in [1.165, 1.54) is 12.0 Å². The third-order valence-electron chi connectivity index (χ3n) is 6.99. The van der Waals surface area contributed by atoms with Crippen LogP contribution in [0.4, 0.5) is 5.69 Å². The summed E-state index contributed by atoms with van der Waals surface area (Å²) in [6.07, 6.45) is 4.27. The Bertz CT molecular complexity index is 1340. The molecule has 0 bridgehead atoms. The number of carbonyl (C=O) groups excluding carboxylic acids is 3. The Kier molecular flexibility index (Phi) is 7.13. The van der Waals surface area contributed by atoms with Crippen LogP contribution in [-0.4, -0.2) is 82.0 Å². The van der Waals surface area contributed by atoms with Gasteiger partial charge in [-0.1, -0.05) is 32.0 Å². The number of pyridine rings is 1. The number of Topliss-reactive ketones (excluding diaryl/α,β-unsaturated/α-hetero) is 1. The van der Waals surface area contributed by atoms with Gasteiger partial charge in [-0.15, -0.1) is 0 Å². The molecule has 1 N–H and O–H groups in total. The number of carbonyl (C=O) groups is 3. The van der Waals surface area contributed by atoms with E-state index in [9.17, 15) is 14.4 Å². The number of hydrogen-bond donors (Lipinski definition) is 1. The van der Waals surface area contributed by atoms with Crippen LogP contribution in [0.2, 0.25) is 0 Å². The van der Waals surface area contributed by atoms with E-state index in [1.54, 1.807) is 27.9 Å². The Morgan fingerprint density at radius 2 is 1.76 bits per heavy atom. The number of aromatic nitrogens is 3. The molecule has 38 heavy (non-hydrogen) atoms. The molecule has 198 valence electrons. The molecule has 2 amide bonds. The van der Waals surface area contributed by atoms with Crippen LogP contribution in [0, 0.1) is 5.92 Å². The number of nitrogens with one attached hydrogen (secondary N) is 1. The molecule has 1 fully saturated rings. The first-order chi connectivity index (χ1) is 18.4. The molecular formula is C28H32N6O4. The quantitative estimate of drug-likeness (QED) is 0.481. The summed E-state index contributed by atoms with van der Waals surface area (Å²) in [6.45, 7) is 5.91. The molecular weight excluding hydrogens is 484 g/mol. The maximum absolute atomic E-state index is 13.5. The Morgan fingerprint density at radius 3 is 2.45 bits per heavy atom. The molecule has 2 aromatic heterocycles. The van der Waals surface area contributed by atoms with E-state index in [-0.39, 0.29) is 12.5 Å². The SMILES string of the molecule is COc1cnc(-n2ccc(CC(C)C)n2)c2c1C(C(=O)C(=O)N1CCN(C(=O)c3ccccc3)CC1)CN2. The van der Waals surface area contributed by atoms with Crippen molar-refractivity contribution in [3.8, 4) is 11.6 Å². The second-order valence-electron chi connectivity index (χ2n) is 10.0. The van der Waals surface area contributed by atoms with Gasteiger partial charge >= 0.3 is 0 Å². The number of amides is 2. The van der Waals surface area contributed by atoms with Gasteiger partial charge in [0.2, 0.25) is 5.78 Å². The van der Waals surface area contributed by atoms with Gasteiger partial charge in [-0.25, -0.2) is 9.67 Å². The molecule has 2 aliphatic heterocycles. The van der Waals surface area contributed by atoms with E-state index in [4.69, 9.17) is 4.74 Å². The molecule has 10 nitrogen and oxygen atoms in total. The van der Waals surface area contributed by atoms with Crippen LogP contribution in [0.15, 0.2) is 48.8 Å². The van der Waals surface area contributed by atoms with Crippen molar-refractivity contribution >= 4 is 23.3 Å². The van der Waals surface area contributed by atoms with Gasteiger partial charge in [0.15, 0.2) is 5.82 Å². The van der Waals surface area contributed by atoms with Gasteiger partial charge < -0.3 is 19.9 Å². The largest absolute Gasteiger partial charge is 0.495 e. The fourth-order valence-corrected chi connectivity index (χ4v) is 5.07. The number of nitrogens with zero attached hydrogens (tertiary/aromatic N) is 5. The van der Waals surface area contributed by atoms with Crippen molar-refractivity contribution in [3.63, 3.8) is 0 Å². The lowest BCUT2D eigenvalue weighted by molar-refractivity contribution is -0.146. The van der Waals surface area contributed by atoms with Gasteiger partial charge in [0.1, 0.15) is 5.75 Å². The van der Waals surface area contributed by atoms with Gasteiger partial charge in [-0.05, 0) is 30.5 Å². The van der Waals surface area contributed by atoms with Gasteiger partial charge in [-0.3, -0.25) is 14.4 Å². The fourth-order valence-electron chi connectivity index (χ4n) is 5.07. The molecule has 0 spiro atoms. The van der Waals surface area contributed by atoms with Crippen molar-refractivity contribution in [3.05, 3.63) is 65.6 Å². The topological polar surface area (TPSA) is 110 Å². The van der Waals surface area contributed by atoms with Crippen LogP contribution < -0.4 is 10.1 Å². The van der Waals surface area contributed by atoms with Crippen LogP contribution >= 0.6 is 0 Å². The monoisotopic (exact) mass is 516 g/mol. The number of ketones is 1. The van der Waals surface area contributed by atoms with Crippen molar-refractivity contribution in [1.82, 2.24) is 24.6 Å². The molecule has 2 aliphatic rings. The van der Waals surface area contributed by atoms with E-state index < -0.39 is 17.6 Å². The molecule has 10 heteroatoms. The first kappa shape index (κ1) is 25.4. The molecule has 4 heterocycles. The zero-order valence-corrected chi connectivity index (χ0v) is 21.9. The van der Waals surface area contributed by atoms with Crippen LogP contribution in [0.1, 0.15) is 41.4 Å². The normalized spacial score (nSPS) is 16.8. The maximum Gasteiger partial charge on any atom is 0.290 e. The summed E-state index contributed by atoms with van der Waals surface area (Å²) >= 11 is 0. The molecule has 1 atom stereocenters. The summed E-state index contributed by atoms with van der Waals surface area (Å²) in [7, 11) is 1.52. The number of methoxy groups -OCH3 is 1. The number of benzene rings is 1. The van der Waals surface area contributed by atoms with Crippen LogP contribution in [0.3, 0.4) is 0 Å². The standard InChI is InChI=1S/C28H32N6O4/c1-18(2)15-20-9-10-34(31-20)26-24-23(22(38-3)17-30-26)21(16-29-24)25(35)28(37)33-13-11-32(12-14-33)27(36)19-7-5-4-6-8-19/h4-10,17-18,21,29H,11-16H2,1-3H3. The minimum atomic E-state index is -0.705. The molecule has 0 radical (unpaired) electrons. The molecule has 1 aromatic carbocycles. The average Bonchev–Trinajstić information content (AvgIpc) is 3.59. The summed E-state index contributed by atoms with van der Waals surface area (Å²) in [5.41, 5.74) is 2.83. The van der Waals surface area contributed by atoms with E-state index in [0.717, 1.165) is 12.1 Å². The number of ether oxygens (including phenoxy) is 1. The van der Waals surface area contributed by atoms with Crippen molar-refractivity contribution < 1.29 is 19.1 Å². The lowest BCUT2D eigenvalue weighted by Crippen LogP contribution is -2.52. The average molecular weight is 517 g/mol. The number of fused-ring (bicyclic) bond motifs is 1. The minimum Gasteiger partial charge on any atom is -0.495 e. The van der Waals surface area contributed by atoms with Gasteiger partial charge in [0.25, 0.3) is 11.8 Å². The Balaban J connectivity index is 1.31. The minimum absolute atomic E-state index is 0.0714. The highest BCUT2D eigenvalue weighted by atomic mass is 16.5. The molecule has 1 unspecified atom stereocenters. The highest BCUT2D eigenvalue weighted by Gasteiger charge is 2.40. The van der Waals surface area contributed by atoms with Crippen LogP contribution in [-0.2, 0) is 16.0 Å². The summed E-state index contributed by atoms with van der Waals surface area (Å²) in [5.74, 6) is -0.343. The summed E-state index contributed by atoms with van der Waals surface area (Å²) in [4.78, 5) is 47.3. The molecule has 5 rings (SSSR count). The highest BCUT2D eigenvalue weighted by Crippen LogP contribution is 2.41. The van der Waals surface area contributed by atoms with Gasteiger partial charge in [0, 0.05) is 50.0 Å². The first-order valence-corrected chi connectivity index (χ1v) is 12.9. The third kappa shape index (κ3) is 4.85. The zero-order chi connectivity index (χ0) is 26.8. The fraction of sp³-hybridized carbons (Fsp3) is 0.393. The van der Waals surface area contributed by atoms with Crippen LogP contribution in [0.5, 0.6) is 5.75 Å². The van der Waals surface area contributed by atoms with E-state index in [0.29, 0.717) is 60.5 Å². The van der Waals surface area contributed by atoms with E-state index in [2.05, 4.69) is 29.2 Å².